The van der Waals surface area contributed by atoms with Crippen LogP contribution in [0.5, 0.6) is 0 Å². The maximum atomic E-state index is 2.55. The highest BCUT2D eigenvalue weighted by molar-refractivity contribution is 6.15. The maximum Gasteiger partial charge on any atom is 0.0312 e. The van der Waals surface area contributed by atoms with Crippen molar-refractivity contribution in [2.45, 2.75) is 47.0 Å². The lowest BCUT2D eigenvalue weighted by atomic mass is 9.50. The van der Waals surface area contributed by atoms with Crippen LogP contribution >= 0.6 is 0 Å². The Hall–Kier alpha value is -5.20. The molecule has 9 rings (SSSR count). The van der Waals surface area contributed by atoms with Gasteiger partial charge in [-0.05, 0) is 123 Å². The highest BCUT2D eigenvalue weighted by Gasteiger charge is 2.57. The zero-order valence-electron chi connectivity index (χ0n) is 29.4. The molecule has 0 heterocycles. The van der Waals surface area contributed by atoms with E-state index in [4.69, 9.17) is 0 Å². The summed E-state index contributed by atoms with van der Waals surface area (Å²) >= 11 is 0. The van der Waals surface area contributed by atoms with Gasteiger partial charge in [0.15, 0.2) is 0 Å². The summed E-state index contributed by atoms with van der Waals surface area (Å²) in [6.07, 6.45) is 0. The Morgan fingerprint density at radius 1 is 0.327 bits per heavy atom. The Morgan fingerprint density at radius 2 is 0.673 bits per heavy atom. The number of hydrogen-bond donors (Lipinski definition) is 0. The lowest BCUT2D eigenvalue weighted by molar-refractivity contribution is 0.0951. The van der Waals surface area contributed by atoms with Crippen molar-refractivity contribution in [1.29, 1.82) is 0 Å². The van der Waals surface area contributed by atoms with Crippen LogP contribution < -0.4 is 0 Å². The van der Waals surface area contributed by atoms with Crippen LogP contribution in [0.15, 0.2) is 146 Å². The van der Waals surface area contributed by atoms with Crippen molar-refractivity contribution < 1.29 is 0 Å². The first-order chi connectivity index (χ1) is 23.6. The number of hydrogen-bond acceptors (Lipinski definition) is 0. The molecule has 0 amide bonds. The predicted octanol–water partition coefficient (Wildman–Crippen LogP) is 14.0. The molecule has 0 aromatic heterocycles. The lowest BCUT2D eigenvalue weighted by Gasteiger charge is -2.53. The molecule has 0 aliphatic heterocycles. The van der Waals surface area contributed by atoms with E-state index >= 15 is 0 Å². The van der Waals surface area contributed by atoms with Crippen LogP contribution in [-0.2, 0) is 5.41 Å². The van der Waals surface area contributed by atoms with E-state index in [2.05, 4.69) is 187 Å². The first-order valence-corrected chi connectivity index (χ1v) is 17.7. The summed E-state index contributed by atoms with van der Waals surface area (Å²) in [7, 11) is 0. The van der Waals surface area contributed by atoms with Gasteiger partial charge >= 0.3 is 0 Å². The van der Waals surface area contributed by atoms with E-state index in [9.17, 15) is 0 Å². The third-order valence-corrected chi connectivity index (χ3v) is 11.5. The summed E-state index contributed by atoms with van der Waals surface area (Å²) in [6.45, 7) is 14.7. The molecule has 0 saturated carbocycles. The van der Waals surface area contributed by atoms with E-state index in [1.54, 1.807) is 0 Å². The highest BCUT2D eigenvalue weighted by atomic mass is 14.6. The SMILES string of the molecule is CC(C)(C)C1(C(C)(C)C)c2cc(-c3cc4ccccc4c4ccccc34)ccc2-c2ccc(-c3cc4ccccc4c4ccccc34)cc21. The molecule has 0 N–H and O–H groups in total. The topological polar surface area (TPSA) is 0 Å². The summed E-state index contributed by atoms with van der Waals surface area (Å²) in [5.74, 6) is 0. The molecule has 1 aliphatic carbocycles. The second kappa shape index (κ2) is 10.4. The average molecular weight is 631 g/mol. The number of rotatable bonds is 2. The first-order valence-electron chi connectivity index (χ1n) is 17.7. The summed E-state index contributed by atoms with van der Waals surface area (Å²) < 4.78 is 0. The molecule has 8 aromatic carbocycles. The lowest BCUT2D eigenvalue weighted by Crippen LogP contribution is -2.50. The second-order valence-corrected chi connectivity index (χ2v) is 16.2. The molecule has 0 radical (unpaired) electrons. The van der Waals surface area contributed by atoms with Crippen molar-refractivity contribution in [3.05, 3.63) is 157 Å². The van der Waals surface area contributed by atoms with Crippen molar-refractivity contribution >= 4 is 43.1 Å². The molecule has 0 unspecified atom stereocenters. The van der Waals surface area contributed by atoms with Crippen molar-refractivity contribution in [2.24, 2.45) is 10.8 Å². The molecule has 238 valence electrons. The van der Waals surface area contributed by atoms with Crippen LogP contribution in [-0.4, -0.2) is 0 Å². The van der Waals surface area contributed by atoms with Gasteiger partial charge in [-0.15, -0.1) is 0 Å². The van der Waals surface area contributed by atoms with Gasteiger partial charge in [0.05, 0.1) is 0 Å². The first kappa shape index (κ1) is 29.9. The predicted molar refractivity (Wildman–Crippen MR) is 212 cm³/mol. The van der Waals surface area contributed by atoms with Crippen molar-refractivity contribution in [3.63, 3.8) is 0 Å². The van der Waals surface area contributed by atoms with Gasteiger partial charge in [0, 0.05) is 5.41 Å². The van der Waals surface area contributed by atoms with Gasteiger partial charge in [-0.2, -0.15) is 0 Å². The summed E-state index contributed by atoms with van der Waals surface area (Å²) in [5.41, 5.74) is 10.4. The zero-order valence-corrected chi connectivity index (χ0v) is 29.4. The normalized spacial score (nSPS) is 14.1. The van der Waals surface area contributed by atoms with Crippen LogP contribution in [0.4, 0.5) is 0 Å². The molecular weight excluding hydrogens is 589 g/mol. The highest BCUT2D eigenvalue weighted by Crippen LogP contribution is 2.65. The molecule has 0 fully saturated rings. The second-order valence-electron chi connectivity index (χ2n) is 16.2. The van der Waals surface area contributed by atoms with Gasteiger partial charge in [-0.3, -0.25) is 0 Å². The molecule has 0 spiro atoms. The van der Waals surface area contributed by atoms with Crippen LogP contribution in [0.3, 0.4) is 0 Å². The van der Waals surface area contributed by atoms with Crippen molar-refractivity contribution in [2.75, 3.05) is 0 Å². The van der Waals surface area contributed by atoms with Gasteiger partial charge < -0.3 is 0 Å². The minimum Gasteiger partial charge on any atom is -0.0616 e. The third-order valence-electron chi connectivity index (χ3n) is 11.5. The van der Waals surface area contributed by atoms with Crippen LogP contribution in [0.25, 0.3) is 76.5 Å². The number of fused-ring (bicyclic) bond motifs is 9. The molecule has 0 bridgehead atoms. The van der Waals surface area contributed by atoms with E-state index in [1.165, 1.54) is 87.6 Å². The van der Waals surface area contributed by atoms with Crippen LogP contribution in [0.2, 0.25) is 0 Å². The van der Waals surface area contributed by atoms with Crippen molar-refractivity contribution in [3.8, 4) is 33.4 Å². The minimum atomic E-state index is -0.240. The average Bonchev–Trinajstić information content (AvgIpc) is 3.41. The quantitative estimate of drug-likeness (QED) is 0.167. The third kappa shape index (κ3) is 4.16. The number of benzene rings is 8. The Bertz CT molecular complexity index is 2430. The maximum absolute atomic E-state index is 2.55. The smallest absolute Gasteiger partial charge is 0.0312 e. The fourth-order valence-corrected chi connectivity index (χ4v) is 9.99. The fraction of sp³-hybridized carbons (Fsp3) is 0.184. The van der Waals surface area contributed by atoms with E-state index in [0.29, 0.717) is 0 Å². The van der Waals surface area contributed by atoms with Crippen LogP contribution in [0.1, 0.15) is 52.7 Å². The Morgan fingerprint density at radius 3 is 1.06 bits per heavy atom. The minimum absolute atomic E-state index is 0.0700. The zero-order chi connectivity index (χ0) is 33.7. The van der Waals surface area contributed by atoms with Gasteiger partial charge in [0.1, 0.15) is 0 Å². The van der Waals surface area contributed by atoms with Gasteiger partial charge in [0.2, 0.25) is 0 Å². The fourth-order valence-electron chi connectivity index (χ4n) is 9.99. The Kier molecular flexibility index (Phi) is 6.35. The molecule has 0 heteroatoms. The molecule has 8 aromatic rings. The largest absolute Gasteiger partial charge is 0.0616 e. The van der Waals surface area contributed by atoms with Gasteiger partial charge in [0.25, 0.3) is 0 Å². The van der Waals surface area contributed by atoms with E-state index in [1.807, 2.05) is 0 Å². The van der Waals surface area contributed by atoms with Crippen molar-refractivity contribution in [1.82, 2.24) is 0 Å². The molecule has 0 nitrogen and oxygen atoms in total. The van der Waals surface area contributed by atoms with Gasteiger partial charge in [-0.1, -0.05) is 163 Å². The Balaban J connectivity index is 1.32. The van der Waals surface area contributed by atoms with E-state index < -0.39 is 0 Å². The summed E-state index contributed by atoms with van der Waals surface area (Å²) in [5, 5.41) is 10.4. The molecular formula is C49H42. The summed E-state index contributed by atoms with van der Waals surface area (Å²) in [4.78, 5) is 0. The summed E-state index contributed by atoms with van der Waals surface area (Å²) in [6, 6.07) is 54.9. The van der Waals surface area contributed by atoms with E-state index in [-0.39, 0.29) is 16.2 Å². The Labute approximate surface area is 290 Å². The standard InChI is InChI=1S/C49H42/c1-47(2,3)49(48(4,5)6)45-29-33(43-27-31-15-7-9-17-35(31)37-19-11-13-21-39(37)43)23-25-41(45)42-26-24-34(30-46(42)49)44-28-32-16-8-10-18-36(32)38-20-12-14-22-40(38)44/h7-30H,1-6H3. The molecule has 1 aliphatic rings. The molecule has 0 saturated heterocycles. The monoisotopic (exact) mass is 630 g/mol. The van der Waals surface area contributed by atoms with E-state index in [0.717, 1.165) is 0 Å². The molecule has 0 atom stereocenters. The van der Waals surface area contributed by atoms with Crippen LogP contribution in [0, 0.1) is 10.8 Å². The van der Waals surface area contributed by atoms with Gasteiger partial charge in [-0.25, -0.2) is 0 Å². The molecule has 49 heavy (non-hydrogen) atoms.